The van der Waals surface area contributed by atoms with E-state index in [0.29, 0.717) is 0 Å². The molecule has 2 aromatic heterocycles. The molecule has 0 saturated carbocycles. The van der Waals surface area contributed by atoms with Crippen molar-refractivity contribution < 1.29 is 0 Å². The van der Waals surface area contributed by atoms with E-state index in [-0.39, 0.29) is 0 Å². The van der Waals surface area contributed by atoms with Gasteiger partial charge < -0.3 is 0 Å². The molecule has 2 heteroatoms. The Bertz CT molecular complexity index is 3000. The van der Waals surface area contributed by atoms with Gasteiger partial charge in [0, 0.05) is 18.0 Å². The van der Waals surface area contributed by atoms with Crippen molar-refractivity contribution in [3.8, 4) is 55.9 Å². The molecule has 0 N–H and O–H groups in total. The molecule has 10 rings (SSSR count). The Kier molecular flexibility index (Phi) is 7.81. The SMILES string of the molecule is CCc1ccc2c(-c3ccc4ccccc4c3)c3cc(-c4ccc(-c5ccc(-c6ccccn6)nc5)cc4)ccc3c(-c3ccc4ccccc4c3)c2c1. The number of nitrogens with zero attached hydrogens (tertiary/aromatic N) is 2. The van der Waals surface area contributed by atoms with Gasteiger partial charge in [0.25, 0.3) is 0 Å². The van der Waals surface area contributed by atoms with Crippen molar-refractivity contribution in [2.45, 2.75) is 13.3 Å². The van der Waals surface area contributed by atoms with Crippen LogP contribution in [0.15, 0.2) is 188 Å². The second-order valence-electron chi connectivity index (χ2n) is 14.1. The molecular formula is C52H36N2. The fourth-order valence-corrected chi connectivity index (χ4v) is 8.07. The topological polar surface area (TPSA) is 25.8 Å². The minimum absolute atomic E-state index is 0.871. The highest BCUT2D eigenvalue weighted by atomic mass is 14.8. The van der Waals surface area contributed by atoms with E-state index in [0.717, 1.165) is 28.9 Å². The molecule has 0 saturated heterocycles. The molecule has 0 amide bonds. The lowest BCUT2D eigenvalue weighted by Crippen LogP contribution is -1.93. The summed E-state index contributed by atoms with van der Waals surface area (Å²) in [5.41, 5.74) is 12.7. The molecule has 254 valence electrons. The first-order valence-electron chi connectivity index (χ1n) is 18.7. The Morgan fingerprint density at radius 2 is 0.870 bits per heavy atom. The van der Waals surface area contributed by atoms with Crippen molar-refractivity contribution in [3.05, 3.63) is 194 Å². The summed E-state index contributed by atoms with van der Waals surface area (Å²) >= 11 is 0. The highest BCUT2D eigenvalue weighted by Gasteiger charge is 2.19. The maximum absolute atomic E-state index is 4.72. The largest absolute Gasteiger partial charge is 0.255 e. The van der Waals surface area contributed by atoms with Crippen molar-refractivity contribution in [1.29, 1.82) is 0 Å². The van der Waals surface area contributed by atoms with Gasteiger partial charge in [-0.15, -0.1) is 0 Å². The zero-order valence-corrected chi connectivity index (χ0v) is 30.0. The Hall–Kier alpha value is -6.90. The second-order valence-corrected chi connectivity index (χ2v) is 14.1. The summed E-state index contributed by atoms with van der Waals surface area (Å²) < 4.78 is 0. The van der Waals surface area contributed by atoms with Crippen LogP contribution in [0.4, 0.5) is 0 Å². The Balaban J connectivity index is 1.17. The molecule has 54 heavy (non-hydrogen) atoms. The van der Waals surface area contributed by atoms with E-state index in [1.807, 2.05) is 30.5 Å². The highest BCUT2D eigenvalue weighted by molar-refractivity contribution is 6.22. The van der Waals surface area contributed by atoms with Crippen LogP contribution in [0, 0.1) is 0 Å². The smallest absolute Gasteiger partial charge is 0.0886 e. The number of aryl methyl sites for hydroxylation is 1. The van der Waals surface area contributed by atoms with E-state index in [9.17, 15) is 0 Å². The number of fused-ring (bicyclic) bond motifs is 4. The number of hydrogen-bond acceptors (Lipinski definition) is 2. The number of rotatable bonds is 6. The predicted octanol–water partition coefficient (Wildman–Crippen LogP) is 14.0. The van der Waals surface area contributed by atoms with Crippen LogP contribution in [-0.2, 0) is 6.42 Å². The predicted molar refractivity (Wildman–Crippen MR) is 229 cm³/mol. The summed E-state index contributed by atoms with van der Waals surface area (Å²) in [4.78, 5) is 9.17. The van der Waals surface area contributed by atoms with Crippen molar-refractivity contribution >= 4 is 43.1 Å². The van der Waals surface area contributed by atoms with Gasteiger partial charge in [0.15, 0.2) is 0 Å². The van der Waals surface area contributed by atoms with Gasteiger partial charge in [-0.3, -0.25) is 9.97 Å². The first-order chi connectivity index (χ1) is 26.7. The van der Waals surface area contributed by atoms with Crippen molar-refractivity contribution in [2.24, 2.45) is 0 Å². The monoisotopic (exact) mass is 688 g/mol. The molecule has 0 aliphatic heterocycles. The highest BCUT2D eigenvalue weighted by Crippen LogP contribution is 2.46. The van der Waals surface area contributed by atoms with Gasteiger partial charge in [-0.2, -0.15) is 0 Å². The summed E-state index contributed by atoms with van der Waals surface area (Å²) in [5.74, 6) is 0. The standard InChI is InChI=1S/C52H36N2/c1-2-34-14-25-45-47(29-34)51(42-21-19-35-9-3-5-11-39(35)30-42)46-26-23-41(32-48(46)52(45)43-22-20-36-10-4-6-12-40(36)31-43)37-15-17-38(18-16-37)44-24-27-50(54-33-44)49-13-7-8-28-53-49/h3-33H,2H2,1H3. The third kappa shape index (κ3) is 5.60. The van der Waals surface area contributed by atoms with Gasteiger partial charge in [0.2, 0.25) is 0 Å². The minimum atomic E-state index is 0.871. The molecule has 0 unspecified atom stereocenters. The molecule has 2 nitrogen and oxygen atoms in total. The van der Waals surface area contributed by atoms with Crippen LogP contribution >= 0.6 is 0 Å². The van der Waals surface area contributed by atoms with Crippen molar-refractivity contribution in [1.82, 2.24) is 9.97 Å². The molecule has 0 aliphatic rings. The summed E-state index contributed by atoms with van der Waals surface area (Å²) in [6.45, 7) is 2.24. The van der Waals surface area contributed by atoms with Crippen LogP contribution in [0.25, 0.3) is 99.0 Å². The molecule has 0 radical (unpaired) electrons. The second kappa shape index (κ2) is 13.3. The van der Waals surface area contributed by atoms with Gasteiger partial charge in [-0.05, 0) is 130 Å². The van der Waals surface area contributed by atoms with E-state index in [4.69, 9.17) is 4.98 Å². The molecule has 8 aromatic carbocycles. The average Bonchev–Trinajstić information content (AvgIpc) is 3.25. The van der Waals surface area contributed by atoms with Gasteiger partial charge in [0.1, 0.15) is 0 Å². The lowest BCUT2D eigenvalue weighted by atomic mass is 9.83. The lowest BCUT2D eigenvalue weighted by Gasteiger charge is -2.20. The van der Waals surface area contributed by atoms with E-state index in [1.165, 1.54) is 82.0 Å². The van der Waals surface area contributed by atoms with Crippen LogP contribution in [-0.4, -0.2) is 9.97 Å². The average molecular weight is 689 g/mol. The van der Waals surface area contributed by atoms with Gasteiger partial charge >= 0.3 is 0 Å². The van der Waals surface area contributed by atoms with Crippen molar-refractivity contribution in [2.75, 3.05) is 0 Å². The number of benzene rings is 8. The third-order valence-corrected chi connectivity index (χ3v) is 10.9. The fourth-order valence-electron chi connectivity index (χ4n) is 8.07. The maximum atomic E-state index is 4.72. The molecule has 0 fully saturated rings. The van der Waals surface area contributed by atoms with Gasteiger partial charge in [-0.25, -0.2) is 0 Å². The third-order valence-electron chi connectivity index (χ3n) is 10.9. The van der Waals surface area contributed by atoms with Crippen LogP contribution in [0.2, 0.25) is 0 Å². The zero-order valence-electron chi connectivity index (χ0n) is 30.0. The Morgan fingerprint density at radius 3 is 1.46 bits per heavy atom. The van der Waals surface area contributed by atoms with E-state index < -0.39 is 0 Å². The lowest BCUT2D eigenvalue weighted by molar-refractivity contribution is 1.15. The summed E-state index contributed by atoms with van der Waals surface area (Å²) in [6.07, 6.45) is 4.72. The summed E-state index contributed by atoms with van der Waals surface area (Å²) in [6, 6.07) is 64.3. The zero-order chi connectivity index (χ0) is 36.0. The molecule has 10 aromatic rings. The quantitative estimate of drug-likeness (QED) is 0.163. The van der Waals surface area contributed by atoms with E-state index in [2.05, 4.69) is 164 Å². The first kappa shape index (κ1) is 31.8. The first-order valence-corrected chi connectivity index (χ1v) is 18.7. The summed E-state index contributed by atoms with van der Waals surface area (Å²) in [5, 5.41) is 10.1. The van der Waals surface area contributed by atoms with Gasteiger partial charge in [-0.1, -0.05) is 146 Å². The molecule has 0 bridgehead atoms. The van der Waals surface area contributed by atoms with Crippen LogP contribution in [0.5, 0.6) is 0 Å². The van der Waals surface area contributed by atoms with Crippen LogP contribution in [0.1, 0.15) is 12.5 Å². The van der Waals surface area contributed by atoms with Crippen molar-refractivity contribution in [3.63, 3.8) is 0 Å². The maximum Gasteiger partial charge on any atom is 0.0886 e. The number of pyridine rings is 2. The molecule has 2 heterocycles. The Labute approximate surface area is 315 Å². The number of hydrogen-bond donors (Lipinski definition) is 0. The van der Waals surface area contributed by atoms with Gasteiger partial charge in [0.05, 0.1) is 11.4 Å². The molecular weight excluding hydrogens is 653 g/mol. The van der Waals surface area contributed by atoms with Crippen LogP contribution < -0.4 is 0 Å². The minimum Gasteiger partial charge on any atom is -0.255 e. The Morgan fingerprint density at radius 1 is 0.352 bits per heavy atom. The van der Waals surface area contributed by atoms with E-state index in [1.54, 1.807) is 6.20 Å². The molecule has 0 atom stereocenters. The normalized spacial score (nSPS) is 11.5. The molecule has 0 spiro atoms. The van der Waals surface area contributed by atoms with Crippen LogP contribution in [0.3, 0.4) is 0 Å². The van der Waals surface area contributed by atoms with E-state index >= 15 is 0 Å². The number of aromatic nitrogens is 2. The fraction of sp³-hybridized carbons (Fsp3) is 0.0385. The molecule has 0 aliphatic carbocycles. The summed E-state index contributed by atoms with van der Waals surface area (Å²) in [7, 11) is 0.